The summed E-state index contributed by atoms with van der Waals surface area (Å²) in [5.41, 5.74) is 5.33. The molecule has 0 heterocycles. The molecule has 3 nitrogen and oxygen atoms in total. The Morgan fingerprint density at radius 1 is 0.741 bits per heavy atom. The predicted octanol–water partition coefficient (Wildman–Crippen LogP) is 5.62. The first-order valence-electron chi connectivity index (χ1n) is 9.07. The summed E-state index contributed by atoms with van der Waals surface area (Å²) < 4.78 is 5.63. The molecule has 27 heavy (non-hydrogen) atoms. The largest absolute Gasteiger partial charge is 0.494 e. The second-order valence-corrected chi connectivity index (χ2v) is 6.08. The van der Waals surface area contributed by atoms with E-state index >= 15 is 0 Å². The molecular formula is C24H26O3. The molecule has 3 aromatic carbocycles. The Balaban J connectivity index is 0.00000126. The number of hydrogen-bond acceptors (Lipinski definition) is 3. The third-order valence-electron chi connectivity index (χ3n) is 4.17. The average molecular weight is 362 g/mol. The highest BCUT2D eigenvalue weighted by molar-refractivity contribution is 5.94. The Hall–Kier alpha value is -2.91. The third kappa shape index (κ3) is 5.53. The lowest BCUT2D eigenvalue weighted by Gasteiger charge is -2.08. The molecule has 0 saturated heterocycles. The van der Waals surface area contributed by atoms with Crippen LogP contribution in [0.4, 0.5) is 0 Å². The van der Waals surface area contributed by atoms with Crippen LogP contribution in [-0.4, -0.2) is 24.6 Å². The van der Waals surface area contributed by atoms with Crippen molar-refractivity contribution < 1.29 is 14.6 Å². The van der Waals surface area contributed by atoms with Gasteiger partial charge in [-0.05, 0) is 47.7 Å². The molecular weight excluding hydrogens is 336 g/mol. The monoisotopic (exact) mass is 362 g/mol. The molecule has 140 valence electrons. The van der Waals surface area contributed by atoms with Crippen molar-refractivity contribution in [3.05, 3.63) is 78.4 Å². The van der Waals surface area contributed by atoms with Crippen LogP contribution in [0.3, 0.4) is 0 Å². The Morgan fingerprint density at radius 2 is 1.11 bits per heavy atom. The first-order chi connectivity index (χ1) is 13.2. The van der Waals surface area contributed by atoms with E-state index in [1.807, 2.05) is 36.4 Å². The smallest absolute Gasteiger partial charge is 0.159 e. The first kappa shape index (κ1) is 20.4. The number of hydrogen-bond donors (Lipinski definition) is 1. The van der Waals surface area contributed by atoms with E-state index in [-0.39, 0.29) is 5.78 Å². The molecule has 3 heteroatoms. The number of benzene rings is 3. The molecule has 3 rings (SSSR count). The van der Waals surface area contributed by atoms with Gasteiger partial charge >= 0.3 is 0 Å². The Kier molecular flexibility index (Phi) is 7.78. The fourth-order valence-electron chi connectivity index (χ4n) is 2.72. The first-order valence-corrected chi connectivity index (χ1v) is 9.07. The average Bonchev–Trinajstić information content (AvgIpc) is 2.74. The molecule has 0 atom stereocenters. The van der Waals surface area contributed by atoms with Gasteiger partial charge in [0.2, 0.25) is 0 Å². The van der Waals surface area contributed by atoms with E-state index in [1.165, 1.54) is 11.1 Å². The van der Waals surface area contributed by atoms with Crippen molar-refractivity contribution in [2.24, 2.45) is 0 Å². The summed E-state index contributed by atoms with van der Waals surface area (Å²) in [7, 11) is 1.00. The van der Waals surface area contributed by atoms with Crippen LogP contribution >= 0.6 is 0 Å². The third-order valence-corrected chi connectivity index (χ3v) is 4.17. The lowest BCUT2D eigenvalue weighted by Crippen LogP contribution is -1.94. The van der Waals surface area contributed by atoms with Gasteiger partial charge in [-0.15, -0.1) is 0 Å². The number of aliphatic hydroxyl groups is 1. The van der Waals surface area contributed by atoms with Crippen molar-refractivity contribution >= 4 is 5.78 Å². The van der Waals surface area contributed by atoms with Crippen molar-refractivity contribution in [3.8, 4) is 28.0 Å². The van der Waals surface area contributed by atoms with Crippen molar-refractivity contribution in [3.63, 3.8) is 0 Å². The molecule has 0 aliphatic heterocycles. The maximum Gasteiger partial charge on any atom is 0.159 e. The summed E-state index contributed by atoms with van der Waals surface area (Å²) in [5, 5.41) is 7.00. The van der Waals surface area contributed by atoms with Gasteiger partial charge in [-0.25, -0.2) is 0 Å². The van der Waals surface area contributed by atoms with E-state index in [1.54, 1.807) is 6.92 Å². The SMILES string of the molecule is CCCOc1ccc(-c2ccc(-c3ccc(C(C)=O)cc3)cc2)cc1.CO. The Labute approximate surface area is 161 Å². The lowest BCUT2D eigenvalue weighted by molar-refractivity contribution is 0.101. The van der Waals surface area contributed by atoms with E-state index in [4.69, 9.17) is 9.84 Å². The van der Waals surface area contributed by atoms with Crippen LogP contribution in [0.5, 0.6) is 5.75 Å². The predicted molar refractivity (Wildman–Crippen MR) is 111 cm³/mol. The molecule has 0 unspecified atom stereocenters. The minimum absolute atomic E-state index is 0.0910. The van der Waals surface area contributed by atoms with Crippen LogP contribution in [0, 0.1) is 0 Å². The van der Waals surface area contributed by atoms with Gasteiger partial charge in [-0.2, -0.15) is 0 Å². The number of ether oxygens (including phenoxy) is 1. The topological polar surface area (TPSA) is 46.5 Å². The van der Waals surface area contributed by atoms with Gasteiger partial charge in [-0.3, -0.25) is 4.79 Å². The molecule has 3 aromatic rings. The van der Waals surface area contributed by atoms with Crippen LogP contribution in [0.2, 0.25) is 0 Å². The zero-order chi connectivity index (χ0) is 19.6. The number of ketones is 1. The fourth-order valence-corrected chi connectivity index (χ4v) is 2.72. The molecule has 0 bridgehead atoms. The van der Waals surface area contributed by atoms with Crippen molar-refractivity contribution in [2.75, 3.05) is 13.7 Å². The zero-order valence-corrected chi connectivity index (χ0v) is 16.1. The van der Waals surface area contributed by atoms with E-state index in [0.29, 0.717) is 0 Å². The minimum atomic E-state index is 0.0910. The molecule has 0 aliphatic carbocycles. The van der Waals surface area contributed by atoms with Gasteiger partial charge in [0.05, 0.1) is 6.61 Å². The lowest BCUT2D eigenvalue weighted by atomic mass is 9.99. The molecule has 0 fully saturated rings. The summed E-state index contributed by atoms with van der Waals surface area (Å²) in [6, 6.07) is 24.4. The second-order valence-electron chi connectivity index (χ2n) is 6.08. The molecule has 0 aliphatic rings. The highest BCUT2D eigenvalue weighted by Crippen LogP contribution is 2.26. The quantitative estimate of drug-likeness (QED) is 0.579. The summed E-state index contributed by atoms with van der Waals surface area (Å²) in [6.45, 7) is 4.43. The fraction of sp³-hybridized carbons (Fsp3) is 0.208. The summed E-state index contributed by atoms with van der Waals surface area (Å²) in [4.78, 5) is 11.4. The van der Waals surface area contributed by atoms with Crippen LogP contribution in [0.25, 0.3) is 22.3 Å². The normalized spacial score (nSPS) is 9.93. The highest BCUT2D eigenvalue weighted by Gasteiger charge is 2.03. The maximum absolute atomic E-state index is 11.4. The van der Waals surface area contributed by atoms with Crippen LogP contribution in [0.1, 0.15) is 30.6 Å². The van der Waals surface area contributed by atoms with Gasteiger partial charge in [0.1, 0.15) is 5.75 Å². The molecule has 0 aromatic heterocycles. The standard InChI is InChI=1S/C23H22O2.CH4O/c1-3-16-25-23-14-12-22(13-15-23)21-10-8-20(9-11-21)19-6-4-18(5-7-19)17(2)24;1-2/h4-15H,3,16H2,1-2H3;2H,1H3. The number of carbonyl (C=O) groups is 1. The summed E-state index contributed by atoms with van der Waals surface area (Å²) in [5.74, 6) is 1.00. The zero-order valence-electron chi connectivity index (χ0n) is 16.1. The Bertz CT molecular complexity index is 832. The second kappa shape index (κ2) is 10.3. The Morgan fingerprint density at radius 3 is 1.48 bits per heavy atom. The van der Waals surface area contributed by atoms with Gasteiger partial charge in [0.15, 0.2) is 5.78 Å². The maximum atomic E-state index is 11.4. The van der Waals surface area contributed by atoms with Gasteiger partial charge in [-0.1, -0.05) is 67.6 Å². The molecule has 0 radical (unpaired) electrons. The van der Waals surface area contributed by atoms with Crippen LogP contribution in [-0.2, 0) is 0 Å². The van der Waals surface area contributed by atoms with E-state index in [2.05, 4.69) is 43.3 Å². The van der Waals surface area contributed by atoms with Crippen LogP contribution in [0.15, 0.2) is 72.8 Å². The number of aliphatic hydroxyl groups excluding tert-OH is 1. The van der Waals surface area contributed by atoms with E-state index in [9.17, 15) is 4.79 Å². The minimum Gasteiger partial charge on any atom is -0.494 e. The number of rotatable bonds is 6. The van der Waals surface area contributed by atoms with Gasteiger partial charge in [0.25, 0.3) is 0 Å². The van der Waals surface area contributed by atoms with Crippen LogP contribution < -0.4 is 4.74 Å². The van der Waals surface area contributed by atoms with Gasteiger partial charge in [0, 0.05) is 12.7 Å². The van der Waals surface area contributed by atoms with E-state index in [0.717, 1.165) is 42.6 Å². The summed E-state index contributed by atoms with van der Waals surface area (Å²) >= 11 is 0. The number of Topliss-reactive ketones (excluding diaryl/α,β-unsaturated/α-hetero) is 1. The molecule has 0 amide bonds. The van der Waals surface area contributed by atoms with Crippen molar-refractivity contribution in [1.29, 1.82) is 0 Å². The highest BCUT2D eigenvalue weighted by atomic mass is 16.5. The van der Waals surface area contributed by atoms with Crippen molar-refractivity contribution in [2.45, 2.75) is 20.3 Å². The molecule has 0 spiro atoms. The number of carbonyl (C=O) groups excluding carboxylic acids is 1. The summed E-state index contributed by atoms with van der Waals surface area (Å²) in [6.07, 6.45) is 1.01. The van der Waals surface area contributed by atoms with E-state index < -0.39 is 0 Å². The van der Waals surface area contributed by atoms with Gasteiger partial charge < -0.3 is 9.84 Å². The molecule has 0 saturated carbocycles. The van der Waals surface area contributed by atoms with Crippen molar-refractivity contribution in [1.82, 2.24) is 0 Å². The molecule has 1 N–H and O–H groups in total.